The summed E-state index contributed by atoms with van der Waals surface area (Å²) >= 11 is 5.01. The monoisotopic (exact) mass is 463 g/mol. The average molecular weight is 464 g/mol. The third kappa shape index (κ3) is 5.31. The Hall–Kier alpha value is -2.96. The summed E-state index contributed by atoms with van der Waals surface area (Å²) in [5, 5.41) is 7.09. The van der Waals surface area contributed by atoms with Crippen LogP contribution in [0.4, 0.5) is 5.13 Å². The molecule has 0 bridgehead atoms. The van der Waals surface area contributed by atoms with Gasteiger partial charge < -0.3 is 4.74 Å². The lowest BCUT2D eigenvalue weighted by molar-refractivity contribution is 0.305. The largest absolute Gasteiger partial charge is 0.488 e. The molecule has 0 saturated carbocycles. The van der Waals surface area contributed by atoms with E-state index in [1.165, 1.54) is 11.3 Å². The Balaban J connectivity index is 1.41. The van der Waals surface area contributed by atoms with Crippen molar-refractivity contribution in [3.63, 3.8) is 0 Å². The van der Waals surface area contributed by atoms with Crippen molar-refractivity contribution in [1.82, 2.24) is 4.98 Å². The SMILES string of the molecule is Brc1cccc(COc2ccccc2C=NNc2nc(-c3ccccc3)cs2)c1. The molecule has 0 amide bonds. The molecule has 29 heavy (non-hydrogen) atoms. The van der Waals surface area contributed by atoms with Crippen molar-refractivity contribution in [1.29, 1.82) is 0 Å². The molecular formula is C23H18BrN3OS. The van der Waals surface area contributed by atoms with Crippen LogP contribution >= 0.6 is 27.3 Å². The van der Waals surface area contributed by atoms with Gasteiger partial charge in [-0.05, 0) is 29.8 Å². The number of aromatic nitrogens is 1. The van der Waals surface area contributed by atoms with E-state index in [2.05, 4.69) is 31.4 Å². The zero-order valence-electron chi connectivity index (χ0n) is 15.5. The molecular weight excluding hydrogens is 446 g/mol. The molecule has 0 spiro atoms. The molecule has 0 aliphatic rings. The summed E-state index contributed by atoms with van der Waals surface area (Å²) in [5.41, 5.74) is 7.03. The smallest absolute Gasteiger partial charge is 0.203 e. The number of halogens is 1. The van der Waals surface area contributed by atoms with Gasteiger partial charge in [-0.1, -0.05) is 70.5 Å². The summed E-state index contributed by atoms with van der Waals surface area (Å²) in [6.45, 7) is 0.491. The lowest BCUT2D eigenvalue weighted by atomic mass is 10.2. The Morgan fingerprint density at radius 2 is 1.83 bits per heavy atom. The third-order valence-electron chi connectivity index (χ3n) is 4.14. The van der Waals surface area contributed by atoms with Gasteiger partial charge in [-0.2, -0.15) is 5.10 Å². The van der Waals surface area contributed by atoms with Crippen molar-refractivity contribution in [3.05, 3.63) is 99.8 Å². The van der Waals surface area contributed by atoms with E-state index in [9.17, 15) is 0 Å². The van der Waals surface area contributed by atoms with Crippen LogP contribution in [0, 0.1) is 0 Å². The number of thiazole rings is 1. The van der Waals surface area contributed by atoms with E-state index < -0.39 is 0 Å². The van der Waals surface area contributed by atoms with Crippen LogP contribution in [-0.4, -0.2) is 11.2 Å². The normalized spacial score (nSPS) is 10.9. The van der Waals surface area contributed by atoms with Gasteiger partial charge in [-0.3, -0.25) is 5.43 Å². The van der Waals surface area contributed by atoms with Crippen LogP contribution in [0.1, 0.15) is 11.1 Å². The first kappa shape index (κ1) is 19.4. The van der Waals surface area contributed by atoms with Crippen LogP contribution in [0.3, 0.4) is 0 Å². The number of hydrogen-bond donors (Lipinski definition) is 1. The molecule has 144 valence electrons. The summed E-state index contributed by atoms with van der Waals surface area (Å²) in [6.07, 6.45) is 1.75. The van der Waals surface area contributed by atoms with Crippen molar-refractivity contribution >= 4 is 38.6 Å². The molecule has 0 fully saturated rings. The van der Waals surface area contributed by atoms with Crippen molar-refractivity contribution in [2.45, 2.75) is 6.61 Å². The summed E-state index contributed by atoms with van der Waals surface area (Å²) in [6, 6.07) is 26.0. The highest BCUT2D eigenvalue weighted by atomic mass is 79.9. The number of para-hydroxylation sites is 1. The van der Waals surface area contributed by atoms with E-state index >= 15 is 0 Å². The first-order chi connectivity index (χ1) is 14.3. The fourth-order valence-electron chi connectivity index (χ4n) is 2.73. The van der Waals surface area contributed by atoms with Gasteiger partial charge in [-0.25, -0.2) is 4.98 Å². The Bertz CT molecular complexity index is 1110. The molecule has 6 heteroatoms. The van der Waals surface area contributed by atoms with Crippen molar-refractivity contribution in [2.75, 3.05) is 5.43 Å². The Labute approximate surface area is 182 Å². The summed E-state index contributed by atoms with van der Waals surface area (Å²) in [4.78, 5) is 4.58. The molecule has 1 N–H and O–H groups in total. The number of nitrogens with zero attached hydrogens (tertiary/aromatic N) is 2. The minimum atomic E-state index is 0.491. The summed E-state index contributed by atoms with van der Waals surface area (Å²) in [5.74, 6) is 0.780. The third-order valence-corrected chi connectivity index (χ3v) is 5.38. The number of nitrogens with one attached hydrogen (secondary N) is 1. The molecule has 0 radical (unpaired) electrons. The maximum absolute atomic E-state index is 5.99. The molecule has 3 aromatic carbocycles. The van der Waals surface area contributed by atoms with E-state index in [0.29, 0.717) is 6.61 Å². The average Bonchev–Trinajstić information content (AvgIpc) is 3.23. The predicted molar refractivity (Wildman–Crippen MR) is 124 cm³/mol. The molecule has 0 aliphatic heterocycles. The second kappa shape index (κ2) is 9.49. The fourth-order valence-corrected chi connectivity index (χ4v) is 3.85. The molecule has 0 atom stereocenters. The highest BCUT2D eigenvalue weighted by molar-refractivity contribution is 9.10. The van der Waals surface area contributed by atoms with Crippen LogP contribution in [0.2, 0.25) is 0 Å². The van der Waals surface area contributed by atoms with E-state index in [4.69, 9.17) is 4.74 Å². The van der Waals surface area contributed by atoms with E-state index in [1.54, 1.807) is 6.21 Å². The fraction of sp³-hybridized carbons (Fsp3) is 0.0435. The molecule has 0 saturated heterocycles. The van der Waals surface area contributed by atoms with Gasteiger partial charge in [-0.15, -0.1) is 11.3 Å². The number of benzene rings is 3. The molecule has 4 rings (SSSR count). The molecule has 1 heterocycles. The molecule has 0 unspecified atom stereocenters. The van der Waals surface area contributed by atoms with Gasteiger partial charge in [0.05, 0.1) is 11.9 Å². The van der Waals surface area contributed by atoms with Crippen LogP contribution in [-0.2, 0) is 6.61 Å². The first-order valence-electron chi connectivity index (χ1n) is 9.04. The lowest BCUT2D eigenvalue weighted by Gasteiger charge is -2.09. The predicted octanol–water partition coefficient (Wildman–Crippen LogP) is 6.60. The molecule has 1 aromatic heterocycles. The number of hydrazone groups is 1. The van der Waals surface area contributed by atoms with E-state index in [-0.39, 0.29) is 0 Å². The minimum Gasteiger partial charge on any atom is -0.488 e. The number of ether oxygens (including phenoxy) is 1. The Morgan fingerprint density at radius 1 is 1.00 bits per heavy atom. The van der Waals surface area contributed by atoms with Crippen LogP contribution in [0.5, 0.6) is 5.75 Å². The van der Waals surface area contributed by atoms with Gasteiger partial charge >= 0.3 is 0 Å². The zero-order valence-corrected chi connectivity index (χ0v) is 17.9. The molecule has 0 aliphatic carbocycles. The van der Waals surface area contributed by atoms with Crippen molar-refractivity contribution < 1.29 is 4.74 Å². The van der Waals surface area contributed by atoms with Gasteiger partial charge in [0, 0.05) is 21.0 Å². The van der Waals surface area contributed by atoms with Gasteiger partial charge in [0.2, 0.25) is 5.13 Å². The molecule has 4 nitrogen and oxygen atoms in total. The second-order valence-corrected chi connectivity index (χ2v) is 8.00. The topological polar surface area (TPSA) is 46.5 Å². The highest BCUT2D eigenvalue weighted by Gasteiger charge is 2.04. The standard InChI is InChI=1S/C23H18BrN3OS/c24-20-11-6-7-17(13-20)15-28-22-12-5-4-10-19(22)14-25-27-23-26-21(16-29-23)18-8-2-1-3-9-18/h1-14,16H,15H2,(H,26,27). The van der Waals surface area contributed by atoms with Crippen LogP contribution < -0.4 is 10.2 Å². The Morgan fingerprint density at radius 3 is 2.69 bits per heavy atom. The van der Waals surface area contributed by atoms with Gasteiger partial charge in [0.15, 0.2) is 0 Å². The lowest BCUT2D eigenvalue weighted by Crippen LogP contribution is -1.99. The molecule has 4 aromatic rings. The van der Waals surface area contributed by atoms with Crippen LogP contribution in [0.15, 0.2) is 93.8 Å². The highest BCUT2D eigenvalue weighted by Crippen LogP contribution is 2.25. The maximum Gasteiger partial charge on any atom is 0.203 e. The zero-order chi connectivity index (χ0) is 19.9. The first-order valence-corrected chi connectivity index (χ1v) is 10.7. The number of anilines is 1. The maximum atomic E-state index is 5.99. The van der Waals surface area contributed by atoms with E-state index in [1.807, 2.05) is 84.2 Å². The summed E-state index contributed by atoms with van der Waals surface area (Å²) < 4.78 is 7.03. The number of hydrogen-bond acceptors (Lipinski definition) is 5. The van der Waals surface area contributed by atoms with Crippen molar-refractivity contribution in [3.8, 4) is 17.0 Å². The van der Waals surface area contributed by atoms with E-state index in [0.717, 1.165) is 37.7 Å². The number of rotatable bonds is 7. The van der Waals surface area contributed by atoms with Crippen LogP contribution in [0.25, 0.3) is 11.3 Å². The van der Waals surface area contributed by atoms with Crippen molar-refractivity contribution in [2.24, 2.45) is 5.10 Å². The quantitative estimate of drug-likeness (QED) is 0.248. The second-order valence-electron chi connectivity index (χ2n) is 6.23. The van der Waals surface area contributed by atoms with Gasteiger partial charge in [0.1, 0.15) is 12.4 Å². The van der Waals surface area contributed by atoms with Gasteiger partial charge in [0.25, 0.3) is 0 Å². The summed E-state index contributed by atoms with van der Waals surface area (Å²) in [7, 11) is 0. The minimum absolute atomic E-state index is 0.491. The Kier molecular flexibility index (Phi) is 6.34.